The number of phenolic OH excluding ortho intramolecular Hbond substituents is 1. The van der Waals surface area contributed by atoms with Crippen LogP contribution in [0.4, 0.5) is 5.69 Å². The van der Waals surface area contributed by atoms with Crippen molar-refractivity contribution in [1.29, 1.82) is 0 Å². The Hall–Kier alpha value is -3.09. The first-order chi connectivity index (χ1) is 16.4. The van der Waals surface area contributed by atoms with E-state index in [1.807, 2.05) is 31.2 Å². The van der Waals surface area contributed by atoms with Gasteiger partial charge >= 0.3 is 0 Å². The van der Waals surface area contributed by atoms with E-state index in [4.69, 9.17) is 11.6 Å². The van der Waals surface area contributed by atoms with Gasteiger partial charge in [0.2, 0.25) is 0 Å². The van der Waals surface area contributed by atoms with E-state index < -0.39 is 17.7 Å². The zero-order valence-corrected chi connectivity index (χ0v) is 22.1. The summed E-state index contributed by atoms with van der Waals surface area (Å²) in [6.07, 6.45) is 0. The Labute approximate surface area is 217 Å². The predicted octanol–water partition coefficient (Wildman–Crippen LogP) is 7.04. The second-order valence-corrected chi connectivity index (χ2v) is 10.9. The van der Waals surface area contributed by atoms with Crippen molar-refractivity contribution in [3.8, 4) is 5.75 Å². The van der Waals surface area contributed by atoms with E-state index in [2.05, 4.69) is 36.7 Å². The molecule has 1 heterocycles. The molecule has 1 aliphatic heterocycles. The van der Waals surface area contributed by atoms with Gasteiger partial charge in [0.15, 0.2) is 0 Å². The Morgan fingerprint density at radius 1 is 1.00 bits per heavy atom. The summed E-state index contributed by atoms with van der Waals surface area (Å²) in [5.74, 6) is -2.19. The number of phenols is 1. The molecule has 0 bridgehead atoms. The third-order valence-corrected chi connectivity index (χ3v) is 7.29. The highest BCUT2D eigenvalue weighted by Crippen LogP contribution is 2.45. The van der Waals surface area contributed by atoms with E-state index in [1.54, 1.807) is 18.2 Å². The molecule has 1 unspecified atom stereocenters. The number of hydrogen-bond acceptors (Lipinski definition) is 4. The minimum absolute atomic E-state index is 0.0559. The average molecular weight is 555 g/mol. The van der Waals surface area contributed by atoms with Crippen molar-refractivity contribution in [1.82, 2.24) is 0 Å². The van der Waals surface area contributed by atoms with E-state index >= 15 is 0 Å². The first-order valence-corrected chi connectivity index (χ1v) is 12.2. The number of ketones is 1. The largest absolute Gasteiger partial charge is 0.507 e. The molecule has 3 aromatic carbocycles. The molecule has 1 saturated heterocycles. The average Bonchev–Trinajstić information content (AvgIpc) is 3.06. The molecule has 0 radical (unpaired) electrons. The first-order valence-electron chi connectivity index (χ1n) is 11.1. The number of carbonyl (C=O) groups is 2. The maximum Gasteiger partial charge on any atom is 0.300 e. The number of aliphatic hydroxyl groups excluding tert-OH is 1. The number of anilines is 1. The fourth-order valence-electron chi connectivity index (χ4n) is 4.20. The Kier molecular flexibility index (Phi) is 6.56. The van der Waals surface area contributed by atoms with Crippen LogP contribution in [0.3, 0.4) is 0 Å². The van der Waals surface area contributed by atoms with Crippen LogP contribution in [0.5, 0.6) is 5.75 Å². The van der Waals surface area contributed by atoms with Gasteiger partial charge in [-0.2, -0.15) is 0 Å². The summed E-state index contributed by atoms with van der Waals surface area (Å²) in [7, 11) is 0. The lowest BCUT2D eigenvalue weighted by Crippen LogP contribution is -2.29. The molecule has 5 nitrogen and oxygen atoms in total. The molecule has 0 aromatic heterocycles. The van der Waals surface area contributed by atoms with Gasteiger partial charge in [0.05, 0.1) is 17.3 Å². The molecule has 2 N–H and O–H groups in total. The SMILES string of the molecule is Cc1cc(/C(O)=C2\C(=O)C(=O)N(c3cc(Cl)ccc3O)C2c2ccc(C(C)(C)C)cc2)ccc1Br. The quantitative estimate of drug-likeness (QED) is 0.207. The minimum atomic E-state index is -0.961. The molecule has 180 valence electrons. The maximum atomic E-state index is 13.3. The fraction of sp³-hybridized carbons (Fsp3) is 0.214. The van der Waals surface area contributed by atoms with Crippen LogP contribution in [-0.2, 0) is 15.0 Å². The number of hydrogen-bond donors (Lipinski definition) is 2. The molecule has 1 aliphatic rings. The Balaban J connectivity index is 1.97. The molecule has 3 aromatic rings. The number of benzene rings is 3. The number of aliphatic hydroxyl groups is 1. The highest BCUT2D eigenvalue weighted by molar-refractivity contribution is 9.10. The lowest BCUT2D eigenvalue weighted by Gasteiger charge is -2.27. The van der Waals surface area contributed by atoms with Crippen molar-refractivity contribution in [2.75, 3.05) is 4.90 Å². The van der Waals surface area contributed by atoms with Crippen LogP contribution in [-0.4, -0.2) is 21.9 Å². The standard InChI is InChI=1S/C28H25BrClNO4/c1-15-13-17(7-11-20(15)29)25(33)23-24(16-5-8-18(9-6-16)28(2,3)4)31(27(35)26(23)34)21-14-19(30)10-12-22(21)32/h5-14,24,32-33H,1-4H3/b25-23+. The van der Waals surface area contributed by atoms with Crippen LogP contribution in [0.1, 0.15) is 49.1 Å². The molecule has 7 heteroatoms. The van der Waals surface area contributed by atoms with E-state index in [-0.39, 0.29) is 28.2 Å². The minimum Gasteiger partial charge on any atom is -0.507 e. The highest BCUT2D eigenvalue weighted by atomic mass is 79.9. The van der Waals surface area contributed by atoms with E-state index in [0.717, 1.165) is 15.6 Å². The van der Waals surface area contributed by atoms with E-state index in [9.17, 15) is 19.8 Å². The summed E-state index contributed by atoms with van der Waals surface area (Å²) in [5, 5.41) is 22.2. The van der Waals surface area contributed by atoms with Crippen LogP contribution < -0.4 is 4.90 Å². The van der Waals surface area contributed by atoms with Crippen LogP contribution in [0, 0.1) is 6.92 Å². The Morgan fingerprint density at radius 3 is 2.26 bits per heavy atom. The van der Waals surface area contributed by atoms with E-state index in [1.165, 1.54) is 23.1 Å². The fourth-order valence-corrected chi connectivity index (χ4v) is 4.61. The van der Waals surface area contributed by atoms with Crippen molar-refractivity contribution in [3.63, 3.8) is 0 Å². The van der Waals surface area contributed by atoms with Crippen molar-refractivity contribution in [2.24, 2.45) is 0 Å². The molecule has 0 saturated carbocycles. The summed E-state index contributed by atoms with van der Waals surface area (Å²) < 4.78 is 0.854. The second-order valence-electron chi connectivity index (χ2n) is 9.64. The highest BCUT2D eigenvalue weighted by Gasteiger charge is 2.47. The van der Waals surface area contributed by atoms with Crippen molar-refractivity contribution >= 4 is 50.7 Å². The van der Waals surface area contributed by atoms with Crippen LogP contribution in [0.2, 0.25) is 5.02 Å². The summed E-state index contributed by atoms with van der Waals surface area (Å²) in [4.78, 5) is 27.8. The first kappa shape index (κ1) is 25.0. The van der Waals surface area contributed by atoms with Gasteiger partial charge in [-0.25, -0.2) is 0 Å². The predicted molar refractivity (Wildman–Crippen MR) is 142 cm³/mol. The van der Waals surface area contributed by atoms with Crippen LogP contribution >= 0.6 is 27.5 Å². The lowest BCUT2D eigenvalue weighted by molar-refractivity contribution is -0.132. The molecule has 35 heavy (non-hydrogen) atoms. The van der Waals surface area contributed by atoms with Crippen molar-refractivity contribution in [3.05, 3.63) is 98.0 Å². The summed E-state index contributed by atoms with van der Waals surface area (Å²) >= 11 is 9.61. The maximum absolute atomic E-state index is 13.3. The van der Waals surface area contributed by atoms with Gasteiger partial charge in [-0.05, 0) is 59.4 Å². The summed E-state index contributed by atoms with van der Waals surface area (Å²) in [6.45, 7) is 8.14. The summed E-state index contributed by atoms with van der Waals surface area (Å²) in [5.41, 5.74) is 2.91. The van der Waals surface area contributed by atoms with Gasteiger partial charge in [0.1, 0.15) is 11.5 Å². The zero-order valence-electron chi connectivity index (χ0n) is 19.8. The molecular formula is C28H25BrClNO4. The topological polar surface area (TPSA) is 77.8 Å². The lowest BCUT2D eigenvalue weighted by atomic mass is 9.85. The van der Waals surface area contributed by atoms with Gasteiger partial charge < -0.3 is 10.2 Å². The van der Waals surface area contributed by atoms with Gasteiger partial charge in [-0.1, -0.05) is 78.6 Å². The third-order valence-electron chi connectivity index (χ3n) is 6.17. The normalized spacial score (nSPS) is 17.8. The van der Waals surface area contributed by atoms with E-state index in [0.29, 0.717) is 16.1 Å². The van der Waals surface area contributed by atoms with Gasteiger partial charge in [0.25, 0.3) is 11.7 Å². The smallest absolute Gasteiger partial charge is 0.300 e. The van der Waals surface area contributed by atoms with Gasteiger partial charge in [-0.3, -0.25) is 14.5 Å². The Bertz CT molecular complexity index is 1370. The number of nitrogens with zero attached hydrogens (tertiary/aromatic N) is 1. The molecule has 1 atom stereocenters. The molecule has 1 amide bonds. The number of rotatable bonds is 3. The number of halogens is 2. The Morgan fingerprint density at radius 2 is 1.66 bits per heavy atom. The van der Waals surface area contributed by atoms with Crippen molar-refractivity contribution in [2.45, 2.75) is 39.2 Å². The number of aryl methyl sites for hydroxylation is 1. The number of aromatic hydroxyl groups is 1. The zero-order chi connectivity index (χ0) is 25.7. The molecule has 0 aliphatic carbocycles. The molecule has 4 rings (SSSR count). The van der Waals surface area contributed by atoms with Gasteiger partial charge in [0, 0.05) is 15.1 Å². The molecule has 0 spiro atoms. The molecule has 1 fully saturated rings. The molecular weight excluding hydrogens is 530 g/mol. The number of carbonyl (C=O) groups excluding carboxylic acids is 2. The second kappa shape index (κ2) is 9.17. The van der Waals surface area contributed by atoms with Crippen LogP contribution in [0.15, 0.2) is 70.7 Å². The van der Waals surface area contributed by atoms with Gasteiger partial charge in [-0.15, -0.1) is 0 Å². The third kappa shape index (κ3) is 4.60. The van der Waals surface area contributed by atoms with Crippen molar-refractivity contribution < 1.29 is 19.8 Å². The van der Waals surface area contributed by atoms with Crippen LogP contribution in [0.25, 0.3) is 5.76 Å². The number of Topliss-reactive ketones (excluding diaryl/α,β-unsaturated/α-hetero) is 1. The summed E-state index contributed by atoms with van der Waals surface area (Å²) in [6, 6.07) is 16.1. The monoisotopic (exact) mass is 553 g/mol. The number of amides is 1.